The molecule has 1 aliphatic heterocycles. The zero-order chi connectivity index (χ0) is 29.1. The van der Waals surface area contributed by atoms with Gasteiger partial charge in [0.05, 0.1) is 29.5 Å². The van der Waals surface area contributed by atoms with Crippen molar-refractivity contribution in [1.29, 1.82) is 0 Å². The first-order valence-corrected chi connectivity index (χ1v) is 15.0. The number of para-hydroxylation sites is 1. The van der Waals surface area contributed by atoms with Crippen LogP contribution in [0.5, 0.6) is 11.5 Å². The molecule has 1 saturated heterocycles. The third-order valence-electron chi connectivity index (χ3n) is 7.59. The van der Waals surface area contributed by atoms with Crippen LogP contribution in [0.4, 0.5) is 16.6 Å². The van der Waals surface area contributed by atoms with Crippen LogP contribution >= 0.6 is 11.3 Å². The molecule has 0 bridgehead atoms. The van der Waals surface area contributed by atoms with E-state index in [2.05, 4.69) is 25.5 Å². The van der Waals surface area contributed by atoms with Gasteiger partial charge in [-0.25, -0.2) is 15.0 Å². The van der Waals surface area contributed by atoms with E-state index in [0.29, 0.717) is 34.6 Å². The molecule has 0 spiro atoms. The average Bonchev–Trinajstić information content (AvgIpc) is 3.66. The minimum atomic E-state index is -0.153. The fourth-order valence-corrected chi connectivity index (χ4v) is 6.23. The number of likely N-dealkylation sites (tertiary alicyclic amines) is 1. The van der Waals surface area contributed by atoms with Crippen LogP contribution in [0, 0.1) is 13.8 Å². The fourth-order valence-electron chi connectivity index (χ4n) is 5.33. The highest BCUT2D eigenvalue weighted by Gasteiger charge is 2.16. The number of fused-ring (bicyclic) bond motifs is 2. The van der Waals surface area contributed by atoms with Crippen LogP contribution in [0.25, 0.3) is 21.1 Å². The number of nitrogens with one attached hydrogen (secondary N) is 2. The van der Waals surface area contributed by atoms with E-state index in [4.69, 9.17) is 14.5 Å². The lowest BCUT2D eigenvalue weighted by atomic mass is 10.1. The Bertz CT molecular complexity index is 1730. The minimum Gasteiger partial charge on any atom is -0.493 e. The van der Waals surface area contributed by atoms with Crippen molar-refractivity contribution < 1.29 is 14.3 Å². The number of nitrogens with zero attached hydrogens (tertiary/aromatic N) is 4. The summed E-state index contributed by atoms with van der Waals surface area (Å²) in [7, 11) is 1.64. The maximum atomic E-state index is 13.1. The number of ether oxygens (including phenoxy) is 2. The van der Waals surface area contributed by atoms with Gasteiger partial charge in [0.2, 0.25) is 0 Å². The Kier molecular flexibility index (Phi) is 8.16. The molecule has 216 valence electrons. The number of anilines is 3. The molecule has 0 aliphatic carbocycles. The molecule has 3 aromatic carbocycles. The zero-order valence-corrected chi connectivity index (χ0v) is 24.9. The number of methoxy groups -OCH3 is 1. The summed E-state index contributed by atoms with van der Waals surface area (Å²) in [4.78, 5) is 29.2. The molecule has 6 rings (SSSR count). The van der Waals surface area contributed by atoms with Crippen LogP contribution in [-0.4, -0.2) is 59.1 Å². The average molecular weight is 583 g/mol. The second-order valence-electron chi connectivity index (χ2n) is 10.5. The maximum absolute atomic E-state index is 13.1. The second-order valence-corrected chi connectivity index (χ2v) is 11.6. The number of carbonyl (C=O) groups excluding carboxylic acids is 1. The normalized spacial score (nSPS) is 13.5. The summed E-state index contributed by atoms with van der Waals surface area (Å²) in [5.41, 5.74) is 5.01. The lowest BCUT2D eigenvalue weighted by Gasteiger charge is -2.16. The fraction of sp³-hybridized carbons (Fsp3) is 0.312. The quantitative estimate of drug-likeness (QED) is 0.175. The molecule has 0 saturated carbocycles. The lowest BCUT2D eigenvalue weighted by Crippen LogP contribution is -2.21. The van der Waals surface area contributed by atoms with E-state index in [1.165, 1.54) is 43.6 Å². The summed E-state index contributed by atoms with van der Waals surface area (Å²) in [6.45, 7) is 8.01. The largest absolute Gasteiger partial charge is 0.493 e. The van der Waals surface area contributed by atoms with Crippen LogP contribution in [0.15, 0.2) is 54.9 Å². The predicted molar refractivity (Wildman–Crippen MR) is 169 cm³/mol. The maximum Gasteiger partial charge on any atom is 0.255 e. The van der Waals surface area contributed by atoms with Gasteiger partial charge in [-0.2, -0.15) is 0 Å². The highest BCUT2D eigenvalue weighted by atomic mass is 32.1. The number of rotatable bonds is 10. The Morgan fingerprint density at radius 2 is 1.81 bits per heavy atom. The van der Waals surface area contributed by atoms with E-state index < -0.39 is 0 Å². The molecule has 9 nitrogen and oxygen atoms in total. The molecule has 1 aliphatic rings. The van der Waals surface area contributed by atoms with Crippen LogP contribution in [0.1, 0.15) is 40.7 Å². The first-order chi connectivity index (χ1) is 20.5. The van der Waals surface area contributed by atoms with Gasteiger partial charge in [-0.3, -0.25) is 4.79 Å². The molecular formula is C32H34N6O3S. The molecule has 3 heterocycles. The number of amides is 1. The summed E-state index contributed by atoms with van der Waals surface area (Å²) in [5.74, 6) is 1.76. The molecule has 10 heteroatoms. The van der Waals surface area contributed by atoms with Gasteiger partial charge in [0.15, 0.2) is 16.6 Å². The van der Waals surface area contributed by atoms with Crippen LogP contribution < -0.4 is 20.1 Å². The SMILES string of the molecule is COc1cc2c(Nc3nc4ccc(C(=O)Nc5c(C)cccc5C)cc4s3)ncnc2cc1OCCCN1CCCC1. The Labute approximate surface area is 248 Å². The van der Waals surface area contributed by atoms with Gasteiger partial charge in [0.25, 0.3) is 5.91 Å². The van der Waals surface area contributed by atoms with Crippen molar-refractivity contribution in [3.63, 3.8) is 0 Å². The second kappa shape index (κ2) is 12.3. The van der Waals surface area contributed by atoms with Crippen molar-refractivity contribution in [1.82, 2.24) is 19.9 Å². The monoisotopic (exact) mass is 582 g/mol. The molecule has 2 aromatic heterocycles. The standard InChI is InChI=1S/C32H34N6O3S/c1-20-8-6-9-21(2)29(20)36-31(39)22-10-11-24-28(16-22)42-32(35-24)37-30-23-17-26(40-3)27(18-25(23)33-19-34-30)41-15-7-14-38-12-4-5-13-38/h6,8-11,16-19H,4-5,7,12-15H2,1-3H3,(H,36,39)(H,33,34,35,37). The molecule has 2 N–H and O–H groups in total. The molecule has 1 amide bonds. The molecule has 1 fully saturated rings. The smallest absolute Gasteiger partial charge is 0.255 e. The van der Waals surface area contributed by atoms with Gasteiger partial charge in [-0.1, -0.05) is 29.5 Å². The van der Waals surface area contributed by atoms with Gasteiger partial charge in [-0.05, 0) is 81.6 Å². The van der Waals surface area contributed by atoms with E-state index in [1.54, 1.807) is 13.2 Å². The van der Waals surface area contributed by atoms with Crippen molar-refractivity contribution in [3.05, 3.63) is 71.5 Å². The predicted octanol–water partition coefficient (Wildman–Crippen LogP) is 6.73. The highest BCUT2D eigenvalue weighted by Crippen LogP contribution is 2.36. The van der Waals surface area contributed by atoms with Crippen LogP contribution in [0.3, 0.4) is 0 Å². The van der Waals surface area contributed by atoms with Crippen LogP contribution in [-0.2, 0) is 0 Å². The third kappa shape index (κ3) is 6.00. The van der Waals surface area contributed by atoms with E-state index in [-0.39, 0.29) is 5.91 Å². The van der Waals surface area contributed by atoms with Gasteiger partial charge in [-0.15, -0.1) is 0 Å². The highest BCUT2D eigenvalue weighted by molar-refractivity contribution is 7.22. The van der Waals surface area contributed by atoms with E-state index in [0.717, 1.165) is 50.9 Å². The lowest BCUT2D eigenvalue weighted by molar-refractivity contribution is 0.102. The van der Waals surface area contributed by atoms with Crippen LogP contribution in [0.2, 0.25) is 0 Å². The molecule has 5 aromatic rings. The van der Waals surface area contributed by atoms with Gasteiger partial charge >= 0.3 is 0 Å². The Balaban J connectivity index is 1.18. The summed E-state index contributed by atoms with van der Waals surface area (Å²) in [5, 5.41) is 7.87. The molecule has 0 unspecified atom stereocenters. The van der Waals surface area contributed by atoms with Crippen molar-refractivity contribution >= 4 is 55.0 Å². The van der Waals surface area contributed by atoms with Crippen molar-refractivity contribution in [3.8, 4) is 11.5 Å². The Morgan fingerprint density at radius 3 is 2.60 bits per heavy atom. The third-order valence-corrected chi connectivity index (χ3v) is 8.52. The summed E-state index contributed by atoms with van der Waals surface area (Å²) < 4.78 is 12.7. The first kappa shape index (κ1) is 27.9. The molecular weight excluding hydrogens is 548 g/mol. The van der Waals surface area contributed by atoms with E-state index in [1.807, 2.05) is 56.3 Å². The molecule has 0 atom stereocenters. The van der Waals surface area contributed by atoms with Crippen molar-refractivity contribution in [2.24, 2.45) is 0 Å². The number of aromatic nitrogens is 3. The van der Waals surface area contributed by atoms with E-state index in [9.17, 15) is 4.79 Å². The van der Waals surface area contributed by atoms with Crippen molar-refractivity contribution in [2.75, 3.05) is 44.0 Å². The van der Waals surface area contributed by atoms with Gasteiger partial charge in [0.1, 0.15) is 12.1 Å². The minimum absolute atomic E-state index is 0.153. The summed E-state index contributed by atoms with van der Waals surface area (Å²) in [6.07, 6.45) is 5.07. The van der Waals surface area contributed by atoms with Gasteiger partial charge < -0.3 is 25.0 Å². The number of hydrogen-bond donors (Lipinski definition) is 2. The van der Waals surface area contributed by atoms with E-state index >= 15 is 0 Å². The number of hydrogen-bond acceptors (Lipinski definition) is 9. The zero-order valence-electron chi connectivity index (χ0n) is 24.1. The van der Waals surface area contributed by atoms with Crippen molar-refractivity contribution in [2.45, 2.75) is 33.1 Å². The van der Waals surface area contributed by atoms with Gasteiger partial charge in [0, 0.05) is 29.2 Å². The Morgan fingerprint density at radius 1 is 1.00 bits per heavy atom. The number of carbonyl (C=O) groups is 1. The number of benzene rings is 3. The molecule has 42 heavy (non-hydrogen) atoms. The Hall–Kier alpha value is -4.28. The molecule has 0 radical (unpaired) electrons. The topological polar surface area (TPSA) is 102 Å². The first-order valence-electron chi connectivity index (χ1n) is 14.2. The number of aryl methyl sites for hydroxylation is 2. The summed E-state index contributed by atoms with van der Waals surface area (Å²) in [6, 6.07) is 15.3. The number of thiazole rings is 1. The summed E-state index contributed by atoms with van der Waals surface area (Å²) >= 11 is 1.46.